The Kier molecular flexibility index (Phi) is 12.5. The van der Waals surface area contributed by atoms with E-state index in [-0.39, 0.29) is 11.6 Å². The lowest BCUT2D eigenvalue weighted by atomic mass is 10.00. The smallest absolute Gasteiger partial charge is 0.416 e. The fourth-order valence-electron chi connectivity index (χ4n) is 5.79. The number of carbonyl (C=O) groups is 3. The van der Waals surface area contributed by atoms with Gasteiger partial charge in [-0.3, -0.25) is 19.8 Å². The number of anilines is 3. The van der Waals surface area contributed by atoms with E-state index >= 15 is 0 Å². The molecule has 4 rings (SSSR count). The number of quaternary nitrogens is 1. The van der Waals surface area contributed by atoms with Crippen LogP contribution >= 0.6 is 0 Å². The Bertz CT molecular complexity index is 1640. The molecule has 1 aliphatic heterocycles. The SMILES string of the molecule is CC(C)(C)OC(=O)Nc1ccccc1NC(=O)/C=C/c1ccc(C(C(=O)Nc2ccc(C(F)(F)F)cc2)[N+](C)(C)CCN2CCCCC2)cc1. The number of rotatable bonds is 11. The van der Waals surface area contributed by atoms with E-state index in [1.807, 2.05) is 26.2 Å². The van der Waals surface area contributed by atoms with Gasteiger partial charge in [0.2, 0.25) is 5.91 Å². The Morgan fingerprint density at radius 1 is 0.840 bits per heavy atom. The number of ether oxygens (including phenoxy) is 1. The highest BCUT2D eigenvalue weighted by atomic mass is 19.4. The minimum Gasteiger partial charge on any atom is -0.444 e. The molecule has 0 saturated carbocycles. The van der Waals surface area contributed by atoms with Crippen molar-refractivity contribution >= 4 is 41.0 Å². The van der Waals surface area contributed by atoms with Crippen molar-refractivity contribution in [3.8, 4) is 0 Å². The molecule has 3 aromatic carbocycles. The van der Waals surface area contributed by atoms with Crippen molar-refractivity contribution in [1.82, 2.24) is 4.90 Å². The number of carbonyl (C=O) groups excluding carboxylic acids is 3. The van der Waals surface area contributed by atoms with E-state index in [0.29, 0.717) is 28.0 Å². The number of likely N-dealkylation sites (N-methyl/N-ethyl adjacent to an activating group) is 1. The summed E-state index contributed by atoms with van der Waals surface area (Å²) in [6.07, 6.45) is 1.40. The molecule has 1 unspecified atom stereocenters. The largest absolute Gasteiger partial charge is 0.444 e. The lowest BCUT2D eigenvalue weighted by molar-refractivity contribution is -0.910. The van der Waals surface area contributed by atoms with Crippen LogP contribution in [0.5, 0.6) is 0 Å². The molecular formula is C38H47F3N5O4+. The highest BCUT2D eigenvalue weighted by Crippen LogP contribution is 2.32. The number of nitrogens with one attached hydrogen (secondary N) is 3. The molecule has 1 aliphatic rings. The molecule has 0 bridgehead atoms. The van der Waals surface area contributed by atoms with Crippen molar-refractivity contribution in [2.75, 3.05) is 56.2 Å². The summed E-state index contributed by atoms with van der Waals surface area (Å²) >= 11 is 0. The second kappa shape index (κ2) is 16.4. The van der Waals surface area contributed by atoms with Gasteiger partial charge in [0.15, 0.2) is 6.04 Å². The molecule has 0 radical (unpaired) electrons. The average molecular weight is 695 g/mol. The molecule has 12 heteroatoms. The molecule has 50 heavy (non-hydrogen) atoms. The quantitative estimate of drug-likeness (QED) is 0.140. The summed E-state index contributed by atoms with van der Waals surface area (Å²) in [5.74, 6) is -0.758. The molecule has 3 N–H and O–H groups in total. The Balaban J connectivity index is 1.48. The molecular weight excluding hydrogens is 647 g/mol. The summed E-state index contributed by atoms with van der Waals surface area (Å²) in [4.78, 5) is 41.4. The fourth-order valence-corrected chi connectivity index (χ4v) is 5.79. The third kappa shape index (κ3) is 11.4. The van der Waals surface area contributed by atoms with Crippen LogP contribution in [0, 0.1) is 0 Å². The van der Waals surface area contributed by atoms with Crippen LogP contribution in [0.25, 0.3) is 6.08 Å². The van der Waals surface area contributed by atoms with E-state index < -0.39 is 35.4 Å². The number of amides is 3. The fraction of sp³-hybridized carbons (Fsp3) is 0.395. The molecule has 0 aliphatic carbocycles. The van der Waals surface area contributed by atoms with E-state index in [0.717, 1.165) is 50.2 Å². The van der Waals surface area contributed by atoms with E-state index in [2.05, 4.69) is 20.9 Å². The third-order valence-electron chi connectivity index (χ3n) is 8.37. The monoisotopic (exact) mass is 694 g/mol. The summed E-state index contributed by atoms with van der Waals surface area (Å²) in [6, 6.07) is 17.8. The van der Waals surface area contributed by atoms with Gasteiger partial charge in [0.1, 0.15) is 5.60 Å². The standard InChI is InChI=1S/C38H46F3N5O4/c1-37(2,3)50-36(49)44-32-12-8-7-11-31(32)43-33(47)22-15-27-13-16-28(17-14-27)34(46(4,5)26-25-45-23-9-6-10-24-45)35(48)42-30-20-18-29(19-21-30)38(39,40)41/h7-8,11-22,34H,6,9-10,23-26H2,1-5H3,(H2-,42,43,44,47,48,49)/p+1/b22-15+. The van der Waals surface area contributed by atoms with Gasteiger partial charge in [-0.1, -0.05) is 42.8 Å². The van der Waals surface area contributed by atoms with Crippen molar-refractivity contribution < 1.29 is 36.8 Å². The summed E-state index contributed by atoms with van der Waals surface area (Å²) in [5.41, 5.74) is 1.02. The molecule has 1 atom stereocenters. The summed E-state index contributed by atoms with van der Waals surface area (Å²) in [7, 11) is 3.96. The van der Waals surface area contributed by atoms with Gasteiger partial charge < -0.3 is 19.9 Å². The number of alkyl halides is 3. The molecule has 0 spiro atoms. The highest BCUT2D eigenvalue weighted by molar-refractivity contribution is 6.05. The van der Waals surface area contributed by atoms with Gasteiger partial charge >= 0.3 is 12.3 Å². The van der Waals surface area contributed by atoms with Gasteiger partial charge in [0.05, 0.1) is 37.6 Å². The summed E-state index contributed by atoms with van der Waals surface area (Å²) in [6.45, 7) is 8.79. The first-order valence-corrected chi connectivity index (χ1v) is 16.7. The van der Waals surface area contributed by atoms with Gasteiger partial charge in [-0.2, -0.15) is 13.2 Å². The van der Waals surface area contributed by atoms with Crippen LogP contribution in [-0.4, -0.2) is 73.2 Å². The van der Waals surface area contributed by atoms with Crippen molar-refractivity contribution in [1.29, 1.82) is 0 Å². The zero-order valence-corrected chi connectivity index (χ0v) is 29.3. The average Bonchev–Trinajstić information content (AvgIpc) is 3.04. The molecule has 3 aromatic rings. The lowest BCUT2D eigenvalue weighted by Crippen LogP contribution is -2.52. The van der Waals surface area contributed by atoms with Gasteiger partial charge in [-0.15, -0.1) is 0 Å². The topological polar surface area (TPSA) is 99.8 Å². The number of hydrogen-bond donors (Lipinski definition) is 3. The molecule has 268 valence electrons. The van der Waals surface area contributed by atoms with Crippen LogP contribution in [-0.2, 0) is 20.5 Å². The molecule has 9 nitrogen and oxygen atoms in total. The first kappa shape index (κ1) is 38.1. The number of hydrogen-bond acceptors (Lipinski definition) is 5. The van der Waals surface area contributed by atoms with Gasteiger partial charge in [0, 0.05) is 23.9 Å². The molecule has 0 aromatic heterocycles. The van der Waals surface area contributed by atoms with Crippen LogP contribution in [0.4, 0.5) is 35.0 Å². The van der Waals surface area contributed by atoms with E-state index in [9.17, 15) is 27.6 Å². The van der Waals surface area contributed by atoms with Crippen molar-refractivity contribution in [3.05, 3.63) is 95.6 Å². The highest BCUT2D eigenvalue weighted by Gasteiger charge is 2.37. The maximum absolute atomic E-state index is 13.9. The second-order valence-corrected chi connectivity index (χ2v) is 14.0. The normalized spacial score (nSPS) is 15.0. The van der Waals surface area contributed by atoms with E-state index in [4.69, 9.17) is 4.74 Å². The molecule has 1 heterocycles. The number of para-hydroxylation sites is 2. The number of piperidine rings is 1. The van der Waals surface area contributed by atoms with Gasteiger partial charge in [-0.05, 0) is 94.7 Å². The number of halogens is 3. The van der Waals surface area contributed by atoms with Gasteiger partial charge in [-0.25, -0.2) is 4.79 Å². The maximum Gasteiger partial charge on any atom is 0.416 e. The summed E-state index contributed by atoms with van der Waals surface area (Å²) in [5, 5.41) is 8.26. The predicted molar refractivity (Wildman–Crippen MR) is 190 cm³/mol. The Hall–Kier alpha value is -4.68. The van der Waals surface area contributed by atoms with E-state index in [1.54, 1.807) is 63.2 Å². The van der Waals surface area contributed by atoms with E-state index in [1.165, 1.54) is 24.6 Å². The van der Waals surface area contributed by atoms with Crippen LogP contribution in [0.15, 0.2) is 78.9 Å². The minimum absolute atomic E-state index is 0.275. The Morgan fingerprint density at radius 2 is 1.44 bits per heavy atom. The number of nitrogens with zero attached hydrogens (tertiary/aromatic N) is 2. The van der Waals surface area contributed by atoms with Crippen LogP contribution in [0.1, 0.15) is 62.8 Å². The van der Waals surface area contributed by atoms with Crippen LogP contribution < -0.4 is 16.0 Å². The third-order valence-corrected chi connectivity index (χ3v) is 8.37. The van der Waals surface area contributed by atoms with Crippen LogP contribution in [0.3, 0.4) is 0 Å². The molecule has 1 saturated heterocycles. The van der Waals surface area contributed by atoms with Crippen molar-refractivity contribution in [2.24, 2.45) is 0 Å². The second-order valence-electron chi connectivity index (χ2n) is 14.0. The number of likely N-dealkylation sites (tertiary alicyclic amines) is 1. The Labute approximate surface area is 292 Å². The molecule has 3 amide bonds. The van der Waals surface area contributed by atoms with Crippen molar-refractivity contribution in [2.45, 2.75) is 57.9 Å². The first-order valence-electron chi connectivity index (χ1n) is 16.7. The van der Waals surface area contributed by atoms with Crippen LogP contribution in [0.2, 0.25) is 0 Å². The predicted octanol–water partition coefficient (Wildman–Crippen LogP) is 7.95. The number of benzene rings is 3. The Morgan fingerprint density at radius 3 is 2.02 bits per heavy atom. The zero-order chi connectivity index (χ0) is 36.5. The first-order chi connectivity index (χ1) is 23.5. The zero-order valence-electron chi connectivity index (χ0n) is 29.3. The molecule has 1 fully saturated rings. The maximum atomic E-state index is 13.9. The van der Waals surface area contributed by atoms with Crippen molar-refractivity contribution in [3.63, 3.8) is 0 Å². The lowest BCUT2D eigenvalue weighted by Gasteiger charge is -2.39. The van der Waals surface area contributed by atoms with Gasteiger partial charge in [0.25, 0.3) is 5.91 Å². The minimum atomic E-state index is -4.47. The summed E-state index contributed by atoms with van der Waals surface area (Å²) < 4.78 is 45.0.